The van der Waals surface area contributed by atoms with Crippen molar-refractivity contribution in [3.05, 3.63) is 35.4 Å². The van der Waals surface area contributed by atoms with Gasteiger partial charge in [-0.25, -0.2) is 8.78 Å². The Kier molecular flexibility index (Phi) is 5.79. The van der Waals surface area contributed by atoms with Crippen molar-refractivity contribution in [3.63, 3.8) is 0 Å². The van der Waals surface area contributed by atoms with Crippen LogP contribution in [0.25, 0.3) is 0 Å². The van der Waals surface area contributed by atoms with E-state index in [4.69, 9.17) is 0 Å². The summed E-state index contributed by atoms with van der Waals surface area (Å²) in [4.78, 5) is 14.2. The Balaban J connectivity index is 1.51. The van der Waals surface area contributed by atoms with Crippen molar-refractivity contribution in [2.24, 2.45) is 0 Å². The van der Waals surface area contributed by atoms with E-state index in [1.54, 1.807) is 0 Å². The van der Waals surface area contributed by atoms with E-state index < -0.39 is 11.6 Å². The normalized spacial score (nSPS) is 24.9. The molecule has 0 radical (unpaired) electrons. The predicted molar refractivity (Wildman–Crippen MR) is 88.4 cm³/mol. The Labute approximate surface area is 141 Å². The Morgan fingerprint density at radius 3 is 2.75 bits per heavy atom. The van der Waals surface area contributed by atoms with Crippen LogP contribution in [0.1, 0.15) is 37.7 Å². The number of amides is 1. The summed E-state index contributed by atoms with van der Waals surface area (Å²) in [6, 6.07) is 4.30. The Morgan fingerprint density at radius 2 is 2.04 bits per heavy atom. The first-order chi connectivity index (χ1) is 11.6. The smallest absolute Gasteiger partial charge is 0.221 e. The van der Waals surface area contributed by atoms with Crippen LogP contribution in [0.2, 0.25) is 0 Å². The summed E-state index contributed by atoms with van der Waals surface area (Å²) in [5.41, 5.74) is 0.111. The molecule has 2 N–H and O–H groups in total. The molecule has 1 amide bonds. The van der Waals surface area contributed by atoms with Gasteiger partial charge in [-0.15, -0.1) is 0 Å². The Hall–Kier alpha value is -1.53. The van der Waals surface area contributed by atoms with Gasteiger partial charge in [0.25, 0.3) is 0 Å². The molecule has 2 saturated heterocycles. The average molecular weight is 337 g/mol. The highest BCUT2D eigenvalue weighted by Crippen LogP contribution is 2.18. The third-order valence-electron chi connectivity index (χ3n) is 4.91. The zero-order valence-corrected chi connectivity index (χ0v) is 13.9. The molecule has 1 aromatic carbocycles. The molecule has 0 bridgehead atoms. The third-order valence-corrected chi connectivity index (χ3v) is 4.91. The lowest BCUT2D eigenvalue weighted by Crippen LogP contribution is -2.48. The largest absolute Gasteiger partial charge is 0.352 e. The number of nitrogens with one attached hydrogen (secondary N) is 2. The van der Waals surface area contributed by atoms with Crippen LogP contribution in [-0.2, 0) is 11.3 Å². The van der Waals surface area contributed by atoms with Crippen molar-refractivity contribution >= 4 is 5.91 Å². The van der Waals surface area contributed by atoms with Crippen LogP contribution < -0.4 is 10.6 Å². The van der Waals surface area contributed by atoms with Crippen molar-refractivity contribution in [3.8, 4) is 0 Å². The molecule has 0 saturated carbocycles. The lowest BCUT2D eigenvalue weighted by molar-refractivity contribution is -0.122. The maximum Gasteiger partial charge on any atom is 0.221 e. The minimum Gasteiger partial charge on any atom is -0.352 e. The summed E-state index contributed by atoms with van der Waals surface area (Å²) in [6.07, 6.45) is 4.53. The second kappa shape index (κ2) is 8.03. The van der Waals surface area contributed by atoms with E-state index in [9.17, 15) is 13.6 Å². The van der Waals surface area contributed by atoms with Crippen LogP contribution in [0.5, 0.6) is 0 Å². The zero-order valence-electron chi connectivity index (χ0n) is 13.9. The maximum absolute atomic E-state index is 13.8. The van der Waals surface area contributed by atoms with Gasteiger partial charge < -0.3 is 10.6 Å². The first-order valence-electron chi connectivity index (χ1n) is 8.80. The number of nitrogens with zero attached hydrogens (tertiary/aromatic N) is 1. The van der Waals surface area contributed by atoms with Crippen LogP contribution >= 0.6 is 0 Å². The zero-order chi connectivity index (χ0) is 16.9. The van der Waals surface area contributed by atoms with Crippen molar-refractivity contribution in [2.45, 2.75) is 50.7 Å². The van der Waals surface area contributed by atoms with Gasteiger partial charge in [-0.3, -0.25) is 9.69 Å². The molecule has 2 heterocycles. The van der Waals surface area contributed by atoms with Crippen LogP contribution in [0.4, 0.5) is 8.78 Å². The molecule has 1 aromatic rings. The summed E-state index contributed by atoms with van der Waals surface area (Å²) < 4.78 is 27.6. The van der Waals surface area contributed by atoms with Gasteiger partial charge in [-0.05, 0) is 50.9 Å². The van der Waals surface area contributed by atoms with E-state index in [1.807, 2.05) is 4.90 Å². The van der Waals surface area contributed by atoms with Gasteiger partial charge in [0.1, 0.15) is 11.6 Å². The highest BCUT2D eigenvalue weighted by Gasteiger charge is 2.24. The number of hydrogen-bond donors (Lipinski definition) is 2. The van der Waals surface area contributed by atoms with Gasteiger partial charge >= 0.3 is 0 Å². The van der Waals surface area contributed by atoms with Gasteiger partial charge in [0.15, 0.2) is 0 Å². The highest BCUT2D eigenvalue weighted by molar-refractivity contribution is 5.77. The molecule has 2 fully saturated rings. The fraction of sp³-hybridized carbons (Fsp3) is 0.611. The molecule has 2 aliphatic rings. The van der Waals surface area contributed by atoms with Crippen molar-refractivity contribution in [2.75, 3.05) is 19.6 Å². The Bertz CT molecular complexity index is 555. The van der Waals surface area contributed by atoms with E-state index in [2.05, 4.69) is 10.6 Å². The summed E-state index contributed by atoms with van der Waals surface area (Å²) in [7, 11) is 0. The molecule has 24 heavy (non-hydrogen) atoms. The van der Waals surface area contributed by atoms with Crippen molar-refractivity contribution < 1.29 is 13.6 Å². The molecule has 0 spiro atoms. The first-order valence-corrected chi connectivity index (χ1v) is 8.80. The standard InChI is InChI=1S/C18H25F2N3O/c19-16-6-1-7-17(20)15(16)12-23-9-3-5-14(11-23)22-18(24)10-13-4-2-8-21-13/h1,6-7,13-14,21H,2-5,8-12H2,(H,22,24). The summed E-state index contributed by atoms with van der Waals surface area (Å²) in [6.45, 7) is 2.67. The minimum atomic E-state index is -0.506. The van der Waals surface area contributed by atoms with E-state index in [-0.39, 0.29) is 30.1 Å². The second-order valence-electron chi connectivity index (χ2n) is 6.84. The predicted octanol–water partition coefficient (Wildman–Crippen LogP) is 2.19. The minimum absolute atomic E-state index is 0.0579. The van der Waals surface area contributed by atoms with Crippen molar-refractivity contribution in [1.82, 2.24) is 15.5 Å². The van der Waals surface area contributed by atoms with Gasteiger partial charge in [-0.2, -0.15) is 0 Å². The molecular formula is C18H25F2N3O. The lowest BCUT2D eigenvalue weighted by atomic mass is 10.0. The molecule has 0 aromatic heterocycles. The number of piperidine rings is 1. The monoisotopic (exact) mass is 337 g/mol. The van der Waals surface area contributed by atoms with E-state index in [1.165, 1.54) is 18.2 Å². The first kappa shape index (κ1) is 17.3. The van der Waals surface area contributed by atoms with Gasteiger partial charge in [0.05, 0.1) is 0 Å². The summed E-state index contributed by atoms with van der Waals surface area (Å²) >= 11 is 0. The highest BCUT2D eigenvalue weighted by atomic mass is 19.1. The Morgan fingerprint density at radius 1 is 1.25 bits per heavy atom. The molecule has 2 aliphatic heterocycles. The average Bonchev–Trinajstić information content (AvgIpc) is 3.04. The summed E-state index contributed by atoms with van der Waals surface area (Å²) in [5, 5.41) is 6.41. The number of likely N-dealkylation sites (tertiary alicyclic amines) is 1. The second-order valence-corrected chi connectivity index (χ2v) is 6.84. The number of carbonyl (C=O) groups excluding carboxylic acids is 1. The van der Waals surface area contributed by atoms with Crippen LogP contribution in [0.3, 0.4) is 0 Å². The third kappa shape index (κ3) is 4.51. The van der Waals surface area contributed by atoms with E-state index in [0.717, 1.165) is 38.8 Å². The molecule has 2 atom stereocenters. The van der Waals surface area contributed by atoms with E-state index >= 15 is 0 Å². The van der Waals surface area contributed by atoms with Gasteiger partial charge in [0, 0.05) is 37.2 Å². The number of benzene rings is 1. The van der Waals surface area contributed by atoms with Crippen LogP contribution in [-0.4, -0.2) is 42.5 Å². The molecule has 2 unspecified atom stereocenters. The summed E-state index contributed by atoms with van der Waals surface area (Å²) in [5.74, 6) is -0.944. The van der Waals surface area contributed by atoms with E-state index in [0.29, 0.717) is 13.0 Å². The fourth-order valence-electron chi connectivity index (χ4n) is 3.67. The van der Waals surface area contributed by atoms with Gasteiger partial charge in [-0.1, -0.05) is 6.07 Å². The molecule has 0 aliphatic carbocycles. The number of carbonyl (C=O) groups is 1. The molecule has 4 nitrogen and oxygen atoms in total. The lowest BCUT2D eigenvalue weighted by Gasteiger charge is -2.33. The van der Waals surface area contributed by atoms with Crippen LogP contribution in [0.15, 0.2) is 18.2 Å². The number of halogens is 2. The van der Waals surface area contributed by atoms with Gasteiger partial charge in [0.2, 0.25) is 5.91 Å². The quantitative estimate of drug-likeness (QED) is 0.866. The van der Waals surface area contributed by atoms with Crippen molar-refractivity contribution in [1.29, 1.82) is 0 Å². The molecule has 132 valence electrons. The SMILES string of the molecule is O=C(CC1CCCN1)NC1CCCN(Cc2c(F)cccc2F)C1. The topological polar surface area (TPSA) is 44.4 Å². The fourth-order valence-corrected chi connectivity index (χ4v) is 3.67. The number of rotatable bonds is 5. The number of hydrogen-bond acceptors (Lipinski definition) is 3. The molecule has 6 heteroatoms. The molecule has 3 rings (SSSR count). The van der Waals surface area contributed by atoms with Crippen LogP contribution in [0, 0.1) is 11.6 Å². The maximum atomic E-state index is 13.8. The molecular weight excluding hydrogens is 312 g/mol.